The van der Waals surface area contributed by atoms with Gasteiger partial charge in [-0.05, 0) is 97.6 Å². The van der Waals surface area contributed by atoms with Crippen LogP contribution in [-0.4, -0.2) is 9.97 Å². The van der Waals surface area contributed by atoms with Crippen molar-refractivity contribution in [3.8, 4) is 78.2 Å². The van der Waals surface area contributed by atoms with E-state index in [9.17, 15) is 0 Å². The van der Waals surface area contributed by atoms with Gasteiger partial charge in [0.2, 0.25) is 5.89 Å². The molecule has 0 saturated carbocycles. The van der Waals surface area contributed by atoms with Crippen LogP contribution in [-0.2, 0) is 0 Å². The first-order valence-corrected chi connectivity index (χ1v) is 17.1. The number of benzene rings is 7. The van der Waals surface area contributed by atoms with Crippen LogP contribution in [0.15, 0.2) is 199 Å². The van der Waals surface area contributed by atoms with Crippen LogP contribution in [0.3, 0.4) is 0 Å². The Balaban J connectivity index is 1.08. The molecular weight excluding hydrogens is 621 g/mol. The zero-order chi connectivity index (χ0) is 34.0. The molecule has 0 bridgehead atoms. The summed E-state index contributed by atoms with van der Waals surface area (Å²) in [6.07, 6.45) is 3.65. The highest BCUT2D eigenvalue weighted by atomic mass is 16.3. The maximum Gasteiger partial charge on any atom is 0.227 e. The zero-order valence-electron chi connectivity index (χ0n) is 27.8. The van der Waals surface area contributed by atoms with Crippen molar-refractivity contribution in [1.82, 2.24) is 9.97 Å². The van der Waals surface area contributed by atoms with Crippen molar-refractivity contribution < 1.29 is 4.42 Å². The fraction of sp³-hybridized carbons (Fsp3) is 0. The largest absolute Gasteiger partial charge is 0.436 e. The fourth-order valence-electron chi connectivity index (χ4n) is 6.70. The fourth-order valence-corrected chi connectivity index (χ4v) is 6.70. The van der Waals surface area contributed by atoms with E-state index in [2.05, 4.69) is 163 Å². The van der Waals surface area contributed by atoms with Gasteiger partial charge < -0.3 is 4.42 Å². The molecule has 51 heavy (non-hydrogen) atoms. The molecule has 7 aromatic carbocycles. The summed E-state index contributed by atoms with van der Waals surface area (Å²) >= 11 is 0. The second-order valence-corrected chi connectivity index (χ2v) is 12.7. The van der Waals surface area contributed by atoms with Gasteiger partial charge >= 0.3 is 0 Å². The number of hydrogen-bond donors (Lipinski definition) is 0. The maximum atomic E-state index is 6.56. The van der Waals surface area contributed by atoms with Gasteiger partial charge in [-0.25, -0.2) is 4.98 Å². The summed E-state index contributed by atoms with van der Waals surface area (Å²) in [6.45, 7) is 0. The second kappa shape index (κ2) is 13.2. The van der Waals surface area contributed by atoms with Crippen molar-refractivity contribution in [2.45, 2.75) is 0 Å². The van der Waals surface area contributed by atoms with E-state index in [1.807, 2.05) is 36.7 Å². The van der Waals surface area contributed by atoms with Crippen molar-refractivity contribution in [2.24, 2.45) is 0 Å². The lowest BCUT2D eigenvalue weighted by Crippen LogP contribution is -1.86. The lowest BCUT2D eigenvalue weighted by Gasteiger charge is -2.09. The minimum atomic E-state index is 0.599. The smallest absolute Gasteiger partial charge is 0.227 e. The van der Waals surface area contributed by atoms with Gasteiger partial charge in [0, 0.05) is 23.5 Å². The summed E-state index contributed by atoms with van der Waals surface area (Å²) in [5.74, 6) is 0.599. The molecule has 9 rings (SSSR count). The van der Waals surface area contributed by atoms with Crippen molar-refractivity contribution in [3.05, 3.63) is 194 Å². The van der Waals surface area contributed by atoms with E-state index in [-0.39, 0.29) is 0 Å². The molecule has 0 spiro atoms. The molecule has 0 aliphatic heterocycles. The van der Waals surface area contributed by atoms with Crippen LogP contribution in [0.4, 0.5) is 0 Å². The molecule has 3 heteroatoms. The van der Waals surface area contributed by atoms with Crippen LogP contribution in [0.25, 0.3) is 89.3 Å². The molecule has 3 nitrogen and oxygen atoms in total. The third-order valence-corrected chi connectivity index (χ3v) is 9.49. The highest BCUT2D eigenvalue weighted by molar-refractivity contribution is 5.96. The van der Waals surface area contributed by atoms with Crippen molar-refractivity contribution in [1.29, 1.82) is 0 Å². The highest BCUT2D eigenvalue weighted by Crippen LogP contribution is 2.38. The Morgan fingerprint density at radius 2 is 0.686 bits per heavy atom. The van der Waals surface area contributed by atoms with E-state index < -0.39 is 0 Å². The van der Waals surface area contributed by atoms with Gasteiger partial charge in [0.1, 0.15) is 5.52 Å². The molecule has 2 heterocycles. The average molecular weight is 653 g/mol. The van der Waals surface area contributed by atoms with Crippen LogP contribution in [0.1, 0.15) is 0 Å². The molecule has 0 atom stereocenters. The summed E-state index contributed by atoms with van der Waals surface area (Å²) in [7, 11) is 0. The number of oxazole rings is 1. The lowest BCUT2D eigenvalue weighted by atomic mass is 9.95. The van der Waals surface area contributed by atoms with E-state index in [0.29, 0.717) is 5.89 Å². The third kappa shape index (κ3) is 6.14. The lowest BCUT2D eigenvalue weighted by molar-refractivity contribution is 0.620. The molecule has 240 valence electrons. The van der Waals surface area contributed by atoms with Gasteiger partial charge in [-0.1, -0.05) is 146 Å². The Bertz CT molecular complexity index is 2560. The topological polar surface area (TPSA) is 38.9 Å². The van der Waals surface area contributed by atoms with Gasteiger partial charge in [0.05, 0.1) is 0 Å². The molecule has 0 fully saturated rings. The van der Waals surface area contributed by atoms with Gasteiger partial charge in [0.25, 0.3) is 0 Å². The second-order valence-electron chi connectivity index (χ2n) is 12.7. The van der Waals surface area contributed by atoms with E-state index in [1.54, 1.807) is 0 Å². The van der Waals surface area contributed by atoms with Crippen LogP contribution < -0.4 is 0 Å². The highest BCUT2D eigenvalue weighted by Gasteiger charge is 2.16. The molecule has 9 aromatic rings. The van der Waals surface area contributed by atoms with Crippen LogP contribution in [0.2, 0.25) is 0 Å². The molecule has 0 radical (unpaired) electrons. The number of aromatic nitrogens is 2. The van der Waals surface area contributed by atoms with Crippen molar-refractivity contribution in [2.75, 3.05) is 0 Å². The maximum absolute atomic E-state index is 6.56. The Labute approximate surface area is 297 Å². The van der Waals surface area contributed by atoms with Crippen LogP contribution in [0, 0.1) is 0 Å². The molecule has 0 N–H and O–H groups in total. The number of fused-ring (bicyclic) bond motifs is 1. The third-order valence-electron chi connectivity index (χ3n) is 9.49. The Morgan fingerprint density at radius 3 is 1.16 bits per heavy atom. The normalized spacial score (nSPS) is 11.1. The standard InChI is InChI=1S/C48H32N2O/c1-3-7-33(8-4-1)35-11-13-37(14-12-35)38-21-25-43(26-22-38)48-50-47-45(42-23-19-39(20-24-42)41-27-29-49-30-28-41)31-44(32-46(47)51-48)40-17-15-36(16-18-40)34-9-5-2-6-10-34/h1-32H. The van der Waals surface area contributed by atoms with Crippen LogP contribution >= 0.6 is 0 Å². The van der Waals surface area contributed by atoms with Crippen molar-refractivity contribution >= 4 is 11.1 Å². The molecular formula is C48H32N2O. The first kappa shape index (κ1) is 30.2. The Morgan fingerprint density at radius 1 is 0.314 bits per heavy atom. The molecule has 0 amide bonds. The Hall–Kier alpha value is -6.84. The predicted octanol–water partition coefficient (Wildman–Crippen LogP) is 12.9. The summed E-state index contributed by atoms with van der Waals surface area (Å²) < 4.78 is 6.56. The molecule has 0 aliphatic rings. The Kier molecular flexibility index (Phi) is 7.84. The van der Waals surface area contributed by atoms with Gasteiger partial charge in [-0.2, -0.15) is 0 Å². The zero-order valence-corrected chi connectivity index (χ0v) is 27.8. The number of hydrogen-bond acceptors (Lipinski definition) is 3. The first-order valence-electron chi connectivity index (χ1n) is 17.1. The molecule has 0 unspecified atom stereocenters. The van der Waals surface area contributed by atoms with Gasteiger partial charge in [-0.15, -0.1) is 0 Å². The SMILES string of the molecule is c1ccc(-c2ccc(-c3ccc(-c4nc5c(-c6ccc(-c7ccncc7)cc6)cc(-c6ccc(-c7ccccc7)cc6)cc5o4)cc3)cc2)cc1. The van der Waals surface area contributed by atoms with E-state index in [1.165, 1.54) is 27.8 Å². The minimum absolute atomic E-state index is 0.599. The van der Waals surface area contributed by atoms with E-state index in [0.717, 1.165) is 55.6 Å². The predicted molar refractivity (Wildman–Crippen MR) is 210 cm³/mol. The summed E-state index contributed by atoms with van der Waals surface area (Å²) in [5.41, 5.74) is 16.2. The monoisotopic (exact) mass is 652 g/mol. The average Bonchev–Trinajstić information content (AvgIpc) is 3.66. The van der Waals surface area contributed by atoms with Gasteiger partial charge in [-0.3, -0.25) is 4.98 Å². The van der Waals surface area contributed by atoms with Crippen LogP contribution in [0.5, 0.6) is 0 Å². The van der Waals surface area contributed by atoms with E-state index in [4.69, 9.17) is 9.40 Å². The van der Waals surface area contributed by atoms with Crippen molar-refractivity contribution in [3.63, 3.8) is 0 Å². The van der Waals surface area contributed by atoms with Gasteiger partial charge in [0.15, 0.2) is 5.58 Å². The molecule has 2 aromatic heterocycles. The number of pyridine rings is 1. The molecule has 0 saturated heterocycles. The number of nitrogens with zero attached hydrogens (tertiary/aromatic N) is 2. The minimum Gasteiger partial charge on any atom is -0.436 e. The summed E-state index contributed by atoms with van der Waals surface area (Å²) in [4.78, 5) is 9.27. The molecule has 0 aliphatic carbocycles. The van der Waals surface area contributed by atoms with E-state index >= 15 is 0 Å². The summed E-state index contributed by atoms with van der Waals surface area (Å²) in [6, 6.07) is 63.9. The quantitative estimate of drug-likeness (QED) is 0.172. The number of rotatable bonds is 7. The summed E-state index contributed by atoms with van der Waals surface area (Å²) in [5, 5.41) is 0. The first-order chi connectivity index (χ1) is 25.2.